The molecule has 3 heterocycles. The second-order valence-electron chi connectivity index (χ2n) is 9.57. The number of amides is 1. The quantitative estimate of drug-likeness (QED) is 0.267. The second-order valence-corrected chi connectivity index (χ2v) is 11.2. The summed E-state index contributed by atoms with van der Waals surface area (Å²) in [6, 6.07) is 6.32. The zero-order valence-corrected chi connectivity index (χ0v) is 21.9. The summed E-state index contributed by atoms with van der Waals surface area (Å²) >= 11 is 7.61. The minimum atomic E-state index is -1.43. The van der Waals surface area contributed by atoms with Crippen molar-refractivity contribution in [2.75, 3.05) is 19.4 Å². The Bertz CT molecular complexity index is 931. The van der Waals surface area contributed by atoms with E-state index in [-0.39, 0.29) is 24.5 Å². The monoisotopic (exact) mass is 542 g/mol. The fourth-order valence-corrected chi connectivity index (χ4v) is 6.03. The van der Waals surface area contributed by atoms with Gasteiger partial charge in [-0.05, 0) is 36.3 Å². The fourth-order valence-electron chi connectivity index (χ4n) is 5.15. The number of nitrogens with one attached hydrogen (secondary N) is 2. The number of rotatable bonds is 7. The molecule has 0 aliphatic carbocycles. The molecule has 0 spiro atoms. The van der Waals surface area contributed by atoms with Crippen molar-refractivity contribution < 1.29 is 34.7 Å². The highest BCUT2D eigenvalue weighted by Crippen LogP contribution is 2.32. The number of ether oxygens (including phenoxy) is 2. The minimum absolute atomic E-state index is 0.00380. The molecule has 1 aromatic carbocycles. The van der Waals surface area contributed by atoms with Crippen molar-refractivity contribution in [3.05, 3.63) is 41.5 Å². The smallest absolute Gasteiger partial charge is 0.240 e. The van der Waals surface area contributed by atoms with E-state index in [1.54, 1.807) is 13.2 Å². The molecule has 0 radical (unpaired) electrons. The van der Waals surface area contributed by atoms with Gasteiger partial charge in [-0.1, -0.05) is 30.3 Å². The number of thioether (sulfide) groups is 1. The van der Waals surface area contributed by atoms with Crippen molar-refractivity contribution in [1.82, 2.24) is 10.6 Å². The molecule has 0 aromatic heterocycles. The second kappa shape index (κ2) is 12.1. The van der Waals surface area contributed by atoms with Crippen LogP contribution in [0.15, 0.2) is 30.3 Å². The van der Waals surface area contributed by atoms with E-state index in [4.69, 9.17) is 21.1 Å². The van der Waals surface area contributed by atoms with Gasteiger partial charge in [-0.2, -0.15) is 0 Å². The number of carbonyl (C=O) groups excluding carboxylic acids is 1. The molecule has 0 bridgehead atoms. The van der Waals surface area contributed by atoms with E-state index in [9.17, 15) is 25.2 Å². The normalized spacial score (nSPS) is 36.4. The van der Waals surface area contributed by atoms with E-state index in [1.807, 2.05) is 24.3 Å². The van der Waals surface area contributed by atoms with Crippen LogP contribution in [0.4, 0.5) is 0 Å². The molecule has 2 saturated heterocycles. The Morgan fingerprint density at radius 2 is 1.94 bits per heavy atom. The van der Waals surface area contributed by atoms with Crippen LogP contribution in [0.1, 0.15) is 24.5 Å². The zero-order valence-electron chi connectivity index (χ0n) is 20.3. The van der Waals surface area contributed by atoms with Crippen molar-refractivity contribution in [3.63, 3.8) is 0 Å². The number of hydrogen-bond acceptors (Lipinski definition) is 9. The van der Waals surface area contributed by atoms with E-state index in [1.165, 1.54) is 11.8 Å². The number of carbonyl (C=O) groups is 1. The highest BCUT2D eigenvalue weighted by atomic mass is 35.5. The molecule has 1 aromatic rings. The maximum absolute atomic E-state index is 13.4. The van der Waals surface area contributed by atoms with Gasteiger partial charge in [0, 0.05) is 12.5 Å². The predicted octanol–water partition coefficient (Wildman–Crippen LogP) is 0.222. The van der Waals surface area contributed by atoms with E-state index >= 15 is 0 Å². The fraction of sp³-hybridized carbons (Fsp3) is 0.640. The highest BCUT2D eigenvalue weighted by Gasteiger charge is 2.49. The standard InChI is InChI=1S/C25H35ClN2O7S/c1-12(26)17(23-20(31)19(30)21(32)25(35-23)36-2)28-24(33)18-22-16(10-27-18)9-15(7-8-34-22)14-5-3-13(11-29)4-6-14/h3-6,9,12,16-23,25,27,29-32H,7-8,10-11H2,1-2H3,(H,28,33)/t12-,16-,17+,18-,19+,20?,21+,22+,23+,25?/m0/s1. The Morgan fingerprint density at radius 3 is 2.58 bits per heavy atom. The first-order valence-electron chi connectivity index (χ1n) is 12.2. The number of aliphatic hydroxyl groups excluding tert-OH is 4. The van der Waals surface area contributed by atoms with E-state index in [0.717, 1.165) is 16.7 Å². The van der Waals surface area contributed by atoms with E-state index in [2.05, 4.69) is 16.7 Å². The molecule has 0 saturated carbocycles. The maximum Gasteiger partial charge on any atom is 0.240 e. The molecule has 2 fully saturated rings. The topological polar surface area (TPSA) is 141 Å². The van der Waals surface area contributed by atoms with Gasteiger partial charge >= 0.3 is 0 Å². The number of fused-ring (bicyclic) bond motifs is 1. The first-order chi connectivity index (χ1) is 17.2. The summed E-state index contributed by atoms with van der Waals surface area (Å²) in [4.78, 5) is 13.4. The lowest BCUT2D eigenvalue weighted by molar-refractivity contribution is -0.205. The van der Waals surface area contributed by atoms with Gasteiger partial charge in [0.25, 0.3) is 0 Å². The van der Waals surface area contributed by atoms with Gasteiger partial charge in [-0.15, -0.1) is 23.4 Å². The number of hydrogen-bond donors (Lipinski definition) is 6. The zero-order chi connectivity index (χ0) is 26.0. The molecule has 3 aliphatic heterocycles. The summed E-state index contributed by atoms with van der Waals surface area (Å²) in [7, 11) is 0. The molecule has 6 N–H and O–H groups in total. The number of benzene rings is 1. The predicted molar refractivity (Wildman–Crippen MR) is 137 cm³/mol. The molecule has 200 valence electrons. The molecule has 9 nitrogen and oxygen atoms in total. The Morgan fingerprint density at radius 1 is 1.22 bits per heavy atom. The third-order valence-electron chi connectivity index (χ3n) is 7.21. The van der Waals surface area contributed by atoms with Crippen molar-refractivity contribution in [3.8, 4) is 0 Å². The first kappa shape index (κ1) is 27.8. The lowest BCUT2D eigenvalue weighted by atomic mass is 9.92. The Labute approximate surface area is 220 Å². The Balaban J connectivity index is 1.47. The van der Waals surface area contributed by atoms with E-state index in [0.29, 0.717) is 19.6 Å². The van der Waals surface area contributed by atoms with Gasteiger partial charge in [-0.3, -0.25) is 4.79 Å². The van der Waals surface area contributed by atoms with Crippen LogP contribution in [0.3, 0.4) is 0 Å². The molecule has 1 amide bonds. The largest absolute Gasteiger partial charge is 0.392 e. The molecular weight excluding hydrogens is 508 g/mol. The summed E-state index contributed by atoms with van der Waals surface area (Å²) in [6.45, 7) is 2.69. The van der Waals surface area contributed by atoms with Crippen molar-refractivity contribution in [2.24, 2.45) is 5.92 Å². The average molecular weight is 543 g/mol. The number of alkyl halides is 1. The van der Waals surface area contributed by atoms with Gasteiger partial charge in [0.1, 0.15) is 35.9 Å². The summed E-state index contributed by atoms with van der Waals surface area (Å²) in [5.74, 6) is -0.349. The van der Waals surface area contributed by atoms with Crippen LogP contribution in [0.5, 0.6) is 0 Å². The molecule has 3 aliphatic rings. The van der Waals surface area contributed by atoms with Crippen LogP contribution in [0, 0.1) is 5.92 Å². The van der Waals surface area contributed by atoms with Gasteiger partial charge in [0.05, 0.1) is 30.7 Å². The number of aliphatic hydroxyl groups is 4. The van der Waals surface area contributed by atoms with Crippen molar-refractivity contribution >= 4 is 34.8 Å². The third kappa shape index (κ3) is 5.77. The molecular formula is C25H35ClN2O7S. The summed E-state index contributed by atoms with van der Waals surface area (Å²) < 4.78 is 12.0. The highest BCUT2D eigenvalue weighted by molar-refractivity contribution is 7.99. The molecule has 10 atom stereocenters. The summed E-state index contributed by atoms with van der Waals surface area (Å²) in [6.07, 6.45) is -0.900. The lowest BCUT2D eigenvalue weighted by Gasteiger charge is -2.44. The van der Waals surface area contributed by atoms with Crippen LogP contribution >= 0.6 is 23.4 Å². The number of halogens is 1. The third-order valence-corrected chi connectivity index (χ3v) is 8.33. The molecule has 4 rings (SSSR count). The van der Waals surface area contributed by atoms with Gasteiger partial charge in [0.2, 0.25) is 5.91 Å². The summed E-state index contributed by atoms with van der Waals surface area (Å²) in [5.41, 5.74) is 2.28. The van der Waals surface area contributed by atoms with Crippen molar-refractivity contribution in [1.29, 1.82) is 0 Å². The van der Waals surface area contributed by atoms with Gasteiger partial charge in [-0.25, -0.2) is 0 Å². The Hall–Kier alpha value is -1.21. The van der Waals surface area contributed by atoms with Crippen LogP contribution < -0.4 is 10.6 Å². The minimum Gasteiger partial charge on any atom is -0.392 e. The van der Waals surface area contributed by atoms with Crippen LogP contribution in [-0.4, -0.2) is 99.2 Å². The van der Waals surface area contributed by atoms with Gasteiger partial charge in [0.15, 0.2) is 0 Å². The van der Waals surface area contributed by atoms with Crippen LogP contribution in [0.2, 0.25) is 0 Å². The van der Waals surface area contributed by atoms with Crippen LogP contribution in [0.25, 0.3) is 5.57 Å². The van der Waals surface area contributed by atoms with Crippen molar-refractivity contribution in [2.45, 2.75) is 73.4 Å². The summed E-state index contributed by atoms with van der Waals surface area (Å²) in [5, 5.41) is 45.9. The average Bonchev–Trinajstić information content (AvgIpc) is 3.16. The maximum atomic E-state index is 13.4. The molecule has 11 heteroatoms. The van der Waals surface area contributed by atoms with Crippen LogP contribution in [-0.2, 0) is 20.9 Å². The lowest BCUT2D eigenvalue weighted by Crippen LogP contribution is -2.65. The first-order valence-corrected chi connectivity index (χ1v) is 13.9. The SMILES string of the molecule is CSC1O[C@H]([C@H](NC(=O)[C@H]2NC[C@@H]3C=C(c4ccc(CO)cc4)CCO[C@@H]23)[C@H](C)Cl)C(O)[C@@H](O)[C@H]1O. The molecule has 2 unspecified atom stereocenters. The molecule has 36 heavy (non-hydrogen) atoms. The Kier molecular flexibility index (Phi) is 9.35. The van der Waals surface area contributed by atoms with Gasteiger partial charge < -0.3 is 40.5 Å². The van der Waals surface area contributed by atoms with E-state index < -0.39 is 47.3 Å².